The van der Waals surface area contributed by atoms with Crippen LogP contribution in [-0.4, -0.2) is 113 Å². The van der Waals surface area contributed by atoms with Crippen LogP contribution in [-0.2, 0) is 48.5 Å². The van der Waals surface area contributed by atoms with E-state index in [4.69, 9.17) is 15.3 Å². The summed E-state index contributed by atoms with van der Waals surface area (Å²) < 4.78 is 50.6. The Kier molecular flexibility index (Phi) is 21.3. The zero-order chi connectivity index (χ0) is 58.3. The Morgan fingerprint density at radius 3 is 0.671 bits per heavy atom. The second-order valence-electron chi connectivity index (χ2n) is 26.5. The molecule has 10 nitrogen and oxygen atoms in total. The molecule has 0 amide bonds. The van der Waals surface area contributed by atoms with E-state index in [0.29, 0.717) is 0 Å². The molecule has 0 saturated heterocycles. The van der Waals surface area contributed by atoms with Crippen LogP contribution in [0.3, 0.4) is 0 Å². The Hall–Kier alpha value is -3.45. The summed E-state index contributed by atoms with van der Waals surface area (Å²) in [6, 6.07) is 68.6. The Morgan fingerprint density at radius 2 is 0.506 bits per heavy atom. The largest absolute Gasteiger partial charge is 0.726 e. The van der Waals surface area contributed by atoms with Gasteiger partial charge in [-0.25, -0.2) is 8.42 Å². The van der Waals surface area contributed by atoms with Crippen molar-refractivity contribution >= 4 is 48.0 Å². The van der Waals surface area contributed by atoms with Crippen molar-refractivity contribution in [3.05, 3.63) is 215 Å². The van der Waals surface area contributed by atoms with Gasteiger partial charge in [0.15, 0.2) is 0 Å². The molecule has 6 aromatic carbocycles. The zero-order valence-corrected chi connectivity index (χ0v) is 55.2. The van der Waals surface area contributed by atoms with Crippen molar-refractivity contribution in [3.63, 3.8) is 0 Å². The monoisotopic (exact) mass is 1310 g/mol. The maximum atomic E-state index is 10.3. The quantitative estimate of drug-likeness (QED) is 0.0250. The third-order valence-corrected chi connectivity index (χ3v) is 62.3. The second-order valence-corrected chi connectivity index (χ2v) is 51.5. The minimum atomic E-state index is -5.23. The molecule has 6 aromatic rings. The fourth-order valence-corrected chi connectivity index (χ4v) is 76.7. The number of aliphatic hydroxyl groups excluding tert-OH is 5. The van der Waals surface area contributed by atoms with Gasteiger partial charge in [0.2, 0.25) is 10.4 Å². The SMILES string of the molecule is CC(C)([CH2][Sn]([CH2]C(C)(C)c1ccccc1)([CH2]C(C)(C)c1ccccc1)[O][Sn]([CH2]C(C)(C)c1ccccc1)([CH2]C(C)(C)c1ccccc1)[CH2]C(C)(C)c1ccccc1)c1ccccc1.O=S(=O)([O-])OC1[C@@H](O)[C@H](O)C(O)[C@H](O)[C@@H]1O. The van der Waals surface area contributed by atoms with Gasteiger partial charge in [0.25, 0.3) is 0 Å². The molecule has 1 aliphatic carbocycles. The van der Waals surface area contributed by atoms with Crippen molar-refractivity contribution < 1.29 is 44.1 Å². The van der Waals surface area contributed by atoms with Gasteiger partial charge in [-0.2, -0.15) is 0 Å². The summed E-state index contributed by atoms with van der Waals surface area (Å²) in [5.41, 5.74) is 7.98. The number of aliphatic hydroxyl groups is 5. The first-order chi connectivity index (χ1) is 36.7. The molecule has 0 spiro atoms. The van der Waals surface area contributed by atoms with Gasteiger partial charge in [-0.1, -0.05) is 0 Å². The van der Waals surface area contributed by atoms with E-state index in [1.54, 1.807) is 0 Å². The Balaban J connectivity index is 0.000000540. The van der Waals surface area contributed by atoms with E-state index < -0.39 is 84.6 Å². The average molecular weight is 1310 g/mol. The number of rotatable bonds is 22. The standard InChI is InChI=1S/6C10H13.C6H12O9S.O.2Sn/c6*1-10(2,3)9-7-5-4-6-8-9;7-1-2(8)4(10)6(5(11)3(1)9)15-16(12,13)14;;;/h6*4-8H,1H2,2-3H3;1-11H,(H,12,13,14);;;/p-1/t;;;;;;1?,2-,3+,4-,5-,6?;;;/m......0.../s1. The minimum absolute atomic E-state index is 0.0900. The van der Waals surface area contributed by atoms with Crippen molar-refractivity contribution in [1.29, 1.82) is 0 Å². The van der Waals surface area contributed by atoms with Gasteiger partial charge in [-0.15, -0.1) is 0 Å². The van der Waals surface area contributed by atoms with Crippen molar-refractivity contribution in [2.75, 3.05) is 0 Å². The van der Waals surface area contributed by atoms with Crippen molar-refractivity contribution in [1.82, 2.24) is 0 Å². The van der Waals surface area contributed by atoms with Crippen LogP contribution in [0.2, 0.25) is 26.6 Å². The first-order valence-electron chi connectivity index (χ1n) is 27.8. The Labute approximate surface area is 482 Å². The second kappa shape index (κ2) is 26.0. The molecule has 1 fully saturated rings. The molecule has 428 valence electrons. The molecular weight excluding hydrogens is 1220 g/mol. The Morgan fingerprint density at radius 1 is 0.342 bits per heavy atom. The first kappa shape index (κ1) is 64.7. The van der Waals surface area contributed by atoms with Gasteiger partial charge in [0, 0.05) is 0 Å². The van der Waals surface area contributed by atoms with Gasteiger partial charge in [-0.3, -0.25) is 4.18 Å². The molecule has 6 atom stereocenters. The fourth-order valence-electron chi connectivity index (χ4n) is 13.3. The maximum Gasteiger partial charge on any atom is 0.218 e. The molecular formula is C66H89O10SSn2-. The van der Waals surface area contributed by atoms with Crippen LogP contribution < -0.4 is 0 Å². The molecule has 7 rings (SSSR count). The van der Waals surface area contributed by atoms with E-state index in [1.807, 2.05) is 0 Å². The summed E-state index contributed by atoms with van der Waals surface area (Å²) in [7, 11) is -5.23. The van der Waals surface area contributed by atoms with Crippen LogP contribution in [0.15, 0.2) is 182 Å². The van der Waals surface area contributed by atoms with Gasteiger partial charge in [-0.05, 0) is 0 Å². The van der Waals surface area contributed by atoms with E-state index in [0.717, 1.165) is 26.6 Å². The summed E-state index contributed by atoms with van der Waals surface area (Å²) in [5.74, 6) is 0. The summed E-state index contributed by atoms with van der Waals surface area (Å²) in [6.45, 7) is 30.4. The first-order valence-corrected chi connectivity index (χ1v) is 43.6. The molecule has 1 aliphatic rings. The van der Waals surface area contributed by atoms with Crippen LogP contribution in [0, 0.1) is 0 Å². The third-order valence-electron chi connectivity index (χ3n) is 16.7. The smallest absolute Gasteiger partial charge is 0.218 e. The van der Waals surface area contributed by atoms with Crippen LogP contribution in [0.1, 0.15) is 116 Å². The summed E-state index contributed by atoms with van der Waals surface area (Å²) in [4.78, 5) is 0. The molecule has 79 heavy (non-hydrogen) atoms. The van der Waals surface area contributed by atoms with E-state index in [-0.39, 0.29) is 32.5 Å². The molecule has 0 aliphatic heterocycles. The van der Waals surface area contributed by atoms with E-state index in [9.17, 15) is 24.6 Å². The molecule has 13 heteroatoms. The summed E-state index contributed by atoms with van der Waals surface area (Å²) in [6.07, 6.45) is -11.8. The average Bonchev–Trinajstić information content (AvgIpc) is 3.44. The minimum Gasteiger partial charge on any atom is -0.726 e. The van der Waals surface area contributed by atoms with Gasteiger partial charge in [0.1, 0.15) is 36.6 Å². The normalized spacial score (nSPS) is 20.0. The molecule has 2 unspecified atom stereocenters. The molecule has 0 bridgehead atoms. The number of hydrogen-bond donors (Lipinski definition) is 5. The number of hydrogen-bond acceptors (Lipinski definition) is 10. The van der Waals surface area contributed by atoms with Crippen molar-refractivity contribution in [2.45, 2.75) is 179 Å². The predicted molar refractivity (Wildman–Crippen MR) is 323 cm³/mol. The summed E-state index contributed by atoms with van der Waals surface area (Å²) in [5, 5.41) is 45.9. The van der Waals surface area contributed by atoms with Gasteiger partial charge < -0.3 is 30.1 Å². The third kappa shape index (κ3) is 17.1. The van der Waals surface area contributed by atoms with E-state index >= 15 is 0 Å². The van der Waals surface area contributed by atoms with Gasteiger partial charge in [0.05, 0.1) is 0 Å². The zero-order valence-electron chi connectivity index (χ0n) is 48.7. The molecule has 0 aromatic heterocycles. The number of benzene rings is 6. The fraction of sp³-hybridized carbons (Fsp3) is 0.455. The van der Waals surface area contributed by atoms with Gasteiger partial charge >= 0.3 is 397 Å². The molecule has 0 radical (unpaired) electrons. The maximum absolute atomic E-state index is 10.3. The molecule has 0 heterocycles. The van der Waals surface area contributed by atoms with Crippen LogP contribution >= 0.6 is 0 Å². The Bertz CT molecular complexity index is 2480. The molecule has 1 saturated carbocycles. The van der Waals surface area contributed by atoms with E-state index in [2.05, 4.69) is 269 Å². The summed E-state index contributed by atoms with van der Waals surface area (Å²) >= 11 is -8.23. The van der Waals surface area contributed by atoms with Crippen molar-refractivity contribution in [2.24, 2.45) is 0 Å². The van der Waals surface area contributed by atoms with Crippen LogP contribution in [0.25, 0.3) is 0 Å². The molecule has 5 N–H and O–H groups in total. The van der Waals surface area contributed by atoms with E-state index in [1.165, 1.54) is 33.4 Å². The van der Waals surface area contributed by atoms with Crippen LogP contribution in [0.4, 0.5) is 0 Å². The topological polar surface area (TPSA) is 177 Å². The van der Waals surface area contributed by atoms with Crippen LogP contribution in [0.5, 0.6) is 0 Å². The predicted octanol–water partition coefficient (Wildman–Crippen LogP) is 12.4. The van der Waals surface area contributed by atoms with Crippen molar-refractivity contribution in [3.8, 4) is 0 Å².